The molecule has 5 atom stereocenters. The van der Waals surface area contributed by atoms with Crippen LogP contribution < -0.4 is 4.74 Å². The minimum atomic E-state index is -0.758. The molecule has 0 N–H and O–H groups in total. The van der Waals surface area contributed by atoms with Gasteiger partial charge < -0.3 is 28.4 Å². The Morgan fingerprint density at radius 2 is 1.56 bits per heavy atom. The molecule has 202 valence electrons. The molecule has 3 aromatic carbocycles. The number of rotatable bonds is 7. The topological polar surface area (TPSA) is 67.7 Å². The van der Waals surface area contributed by atoms with E-state index in [0.29, 0.717) is 18.9 Å². The molecule has 2 fully saturated rings. The number of fused-ring (bicyclic) bond motifs is 1. The van der Waals surface area contributed by atoms with Gasteiger partial charge in [-0.1, -0.05) is 60.7 Å². The Bertz CT molecular complexity index is 1320. The average molecular weight is 528 g/mol. The van der Waals surface area contributed by atoms with Crippen molar-refractivity contribution in [3.63, 3.8) is 0 Å². The predicted octanol–water partition coefficient (Wildman–Crippen LogP) is 5.39. The minimum Gasteiger partial charge on any atom is -0.497 e. The fraction of sp³-hybridized carbons (Fsp3) is 0.344. The normalized spacial score (nSPS) is 27.6. The highest BCUT2D eigenvalue weighted by atomic mass is 16.8. The van der Waals surface area contributed by atoms with Crippen molar-refractivity contribution < 1.29 is 28.4 Å². The number of ether oxygens (including phenoxy) is 6. The van der Waals surface area contributed by atoms with Crippen molar-refractivity contribution in [1.82, 2.24) is 0 Å². The monoisotopic (exact) mass is 527 g/mol. The largest absolute Gasteiger partial charge is 0.497 e. The lowest BCUT2D eigenvalue weighted by molar-refractivity contribution is -0.229. The number of nitrogens with zero attached hydrogens (tertiary/aromatic N) is 1. The Labute approximate surface area is 229 Å². The van der Waals surface area contributed by atoms with Crippen molar-refractivity contribution in [1.29, 1.82) is 0 Å². The third kappa shape index (κ3) is 5.63. The van der Waals surface area contributed by atoms with Gasteiger partial charge in [-0.15, -0.1) is 0 Å². The molecule has 3 heterocycles. The SMILES string of the molecule is COc1ccc(C2=CC(c3ccccc3)=NC[C@@H]([C@H]3O[C@@H]4OC(C)(C)O[C@@H]4[C@H]3OCc3ccccc3)O2)cc1. The molecule has 0 amide bonds. The third-order valence-corrected chi connectivity index (χ3v) is 7.11. The zero-order valence-corrected chi connectivity index (χ0v) is 22.4. The van der Waals surface area contributed by atoms with Gasteiger partial charge in [0.25, 0.3) is 0 Å². The lowest BCUT2D eigenvalue weighted by Crippen LogP contribution is -2.44. The molecular weight excluding hydrogens is 494 g/mol. The van der Waals surface area contributed by atoms with Crippen molar-refractivity contribution in [2.24, 2.45) is 4.99 Å². The fourth-order valence-corrected chi connectivity index (χ4v) is 5.21. The Balaban J connectivity index is 1.32. The summed E-state index contributed by atoms with van der Waals surface area (Å²) in [6.45, 7) is 4.59. The van der Waals surface area contributed by atoms with Crippen molar-refractivity contribution in [2.45, 2.75) is 56.9 Å². The van der Waals surface area contributed by atoms with Gasteiger partial charge in [0, 0.05) is 11.6 Å². The van der Waals surface area contributed by atoms with Crippen LogP contribution in [0.5, 0.6) is 5.75 Å². The van der Waals surface area contributed by atoms with Crippen LogP contribution in [0.3, 0.4) is 0 Å². The van der Waals surface area contributed by atoms with E-state index in [2.05, 4.69) is 0 Å². The second-order valence-corrected chi connectivity index (χ2v) is 10.3. The van der Waals surface area contributed by atoms with E-state index in [-0.39, 0.29) is 6.10 Å². The van der Waals surface area contributed by atoms with Crippen LogP contribution in [0.2, 0.25) is 0 Å². The summed E-state index contributed by atoms with van der Waals surface area (Å²) in [5.74, 6) is 0.721. The van der Waals surface area contributed by atoms with Crippen LogP contribution in [-0.2, 0) is 30.3 Å². The summed E-state index contributed by atoms with van der Waals surface area (Å²) in [5.41, 5.74) is 3.85. The Morgan fingerprint density at radius 3 is 2.28 bits per heavy atom. The summed E-state index contributed by atoms with van der Waals surface area (Å²) in [7, 11) is 1.65. The molecule has 0 bridgehead atoms. The minimum absolute atomic E-state index is 0.383. The van der Waals surface area contributed by atoms with E-state index in [4.69, 9.17) is 33.4 Å². The van der Waals surface area contributed by atoms with Gasteiger partial charge in [-0.3, -0.25) is 4.99 Å². The summed E-state index contributed by atoms with van der Waals surface area (Å²) in [4.78, 5) is 4.98. The molecule has 3 aromatic rings. The highest BCUT2D eigenvalue weighted by Gasteiger charge is 2.58. The maximum absolute atomic E-state index is 6.70. The van der Waals surface area contributed by atoms with E-state index in [1.807, 2.05) is 105 Å². The van der Waals surface area contributed by atoms with Gasteiger partial charge in [0.2, 0.25) is 0 Å². The predicted molar refractivity (Wildman–Crippen MR) is 147 cm³/mol. The van der Waals surface area contributed by atoms with E-state index in [0.717, 1.165) is 28.2 Å². The van der Waals surface area contributed by atoms with Crippen LogP contribution in [0.1, 0.15) is 30.5 Å². The van der Waals surface area contributed by atoms with Crippen molar-refractivity contribution in [2.75, 3.05) is 13.7 Å². The highest BCUT2D eigenvalue weighted by molar-refractivity contribution is 6.12. The summed E-state index contributed by atoms with van der Waals surface area (Å²) < 4.78 is 37.4. The quantitative estimate of drug-likeness (QED) is 0.411. The molecule has 0 aromatic heterocycles. The molecule has 0 aliphatic carbocycles. The lowest BCUT2D eigenvalue weighted by atomic mass is 10.0. The summed E-state index contributed by atoms with van der Waals surface area (Å²) in [6, 6.07) is 28.0. The van der Waals surface area contributed by atoms with Gasteiger partial charge in [0.15, 0.2) is 12.1 Å². The third-order valence-electron chi connectivity index (χ3n) is 7.11. The molecule has 0 radical (unpaired) electrons. The average Bonchev–Trinajstić information content (AvgIpc) is 3.33. The van der Waals surface area contributed by atoms with E-state index in [1.54, 1.807) is 7.11 Å². The number of hydrogen-bond acceptors (Lipinski definition) is 7. The maximum Gasteiger partial charge on any atom is 0.190 e. The van der Waals surface area contributed by atoms with Crippen LogP contribution >= 0.6 is 0 Å². The van der Waals surface area contributed by atoms with Gasteiger partial charge in [-0.05, 0) is 49.2 Å². The molecule has 7 nitrogen and oxygen atoms in total. The molecule has 39 heavy (non-hydrogen) atoms. The van der Waals surface area contributed by atoms with Gasteiger partial charge >= 0.3 is 0 Å². The molecule has 0 saturated carbocycles. The zero-order chi connectivity index (χ0) is 26.8. The lowest BCUT2D eigenvalue weighted by Gasteiger charge is -2.30. The first-order chi connectivity index (χ1) is 19.0. The molecule has 3 aliphatic rings. The molecule has 0 unspecified atom stereocenters. The standard InChI is InChI=1S/C32H33NO6/c1-32(2)38-30-29(35-20-21-10-6-4-7-11-21)28(37-31(30)39-32)27-19-33-25(22-12-8-5-9-13-22)18-26(36-27)23-14-16-24(34-3)17-15-23/h4-18,27-31H,19-20H2,1-3H3/t27-,28+,29-,30+,31+/m0/s1. The Hall–Kier alpha value is -3.49. The Kier molecular flexibility index (Phi) is 7.23. The zero-order valence-electron chi connectivity index (χ0n) is 22.4. The van der Waals surface area contributed by atoms with E-state index >= 15 is 0 Å². The first-order valence-corrected chi connectivity index (χ1v) is 13.3. The summed E-state index contributed by atoms with van der Waals surface area (Å²) in [5, 5.41) is 0. The molecule has 6 rings (SSSR count). The van der Waals surface area contributed by atoms with Crippen molar-refractivity contribution >= 4 is 11.5 Å². The smallest absolute Gasteiger partial charge is 0.190 e. The molecular formula is C32H33NO6. The van der Waals surface area contributed by atoms with Gasteiger partial charge in [0.05, 0.1) is 26.0 Å². The second kappa shape index (κ2) is 10.9. The second-order valence-electron chi connectivity index (χ2n) is 10.3. The first kappa shape index (κ1) is 25.8. The number of hydrogen-bond donors (Lipinski definition) is 0. The maximum atomic E-state index is 6.70. The number of aliphatic imine (C=N–C) groups is 1. The van der Waals surface area contributed by atoms with Crippen LogP contribution in [0.25, 0.3) is 5.76 Å². The van der Waals surface area contributed by atoms with Crippen molar-refractivity contribution in [3.8, 4) is 5.75 Å². The number of methoxy groups -OCH3 is 1. The van der Waals surface area contributed by atoms with Crippen LogP contribution in [0.4, 0.5) is 0 Å². The van der Waals surface area contributed by atoms with Crippen molar-refractivity contribution in [3.05, 3.63) is 108 Å². The number of allylic oxidation sites excluding steroid dienone is 1. The molecule has 3 aliphatic heterocycles. The van der Waals surface area contributed by atoms with Gasteiger partial charge in [0.1, 0.15) is 35.9 Å². The van der Waals surface area contributed by atoms with Crippen LogP contribution in [0, 0.1) is 0 Å². The summed E-state index contributed by atoms with van der Waals surface area (Å²) in [6.07, 6.45) is -0.243. The van der Waals surface area contributed by atoms with E-state index in [9.17, 15) is 0 Å². The number of benzene rings is 3. The highest BCUT2D eigenvalue weighted by Crippen LogP contribution is 2.41. The van der Waals surface area contributed by atoms with Crippen LogP contribution in [-0.4, -0.2) is 55.9 Å². The fourth-order valence-electron chi connectivity index (χ4n) is 5.21. The molecule has 0 spiro atoms. The first-order valence-electron chi connectivity index (χ1n) is 13.3. The van der Waals surface area contributed by atoms with E-state index < -0.39 is 30.4 Å². The van der Waals surface area contributed by atoms with E-state index in [1.165, 1.54) is 0 Å². The van der Waals surface area contributed by atoms with Crippen LogP contribution in [0.15, 0.2) is 96.0 Å². The molecule has 2 saturated heterocycles. The Morgan fingerprint density at radius 1 is 0.846 bits per heavy atom. The van der Waals surface area contributed by atoms with Gasteiger partial charge in [-0.25, -0.2) is 0 Å². The molecule has 7 heteroatoms. The van der Waals surface area contributed by atoms with Gasteiger partial charge in [-0.2, -0.15) is 0 Å². The summed E-state index contributed by atoms with van der Waals surface area (Å²) >= 11 is 0.